The van der Waals surface area contributed by atoms with Gasteiger partial charge >= 0.3 is 0 Å². The molecule has 18 heavy (non-hydrogen) atoms. The minimum Gasteiger partial charge on any atom is -0.327 e. The van der Waals surface area contributed by atoms with Crippen LogP contribution in [-0.4, -0.2) is 11.8 Å². The third kappa shape index (κ3) is 4.03. The summed E-state index contributed by atoms with van der Waals surface area (Å²) in [6.45, 7) is 4.51. The molecule has 100 valence electrons. The quantitative estimate of drug-likeness (QED) is 0.822. The molecule has 2 heteroatoms. The monoisotopic (exact) mass is 263 g/mol. The molecule has 1 aromatic rings. The normalized spacial score (nSPS) is 25.9. The van der Waals surface area contributed by atoms with Crippen molar-refractivity contribution < 1.29 is 0 Å². The van der Waals surface area contributed by atoms with Gasteiger partial charge in [-0.2, -0.15) is 0 Å². The van der Waals surface area contributed by atoms with Crippen molar-refractivity contribution in [3.05, 3.63) is 29.8 Å². The van der Waals surface area contributed by atoms with E-state index in [0.29, 0.717) is 6.04 Å². The summed E-state index contributed by atoms with van der Waals surface area (Å²) in [5, 5.41) is 0. The fourth-order valence-corrected chi connectivity index (χ4v) is 3.85. The van der Waals surface area contributed by atoms with Crippen molar-refractivity contribution in [2.24, 2.45) is 17.6 Å². The smallest absolute Gasteiger partial charge is 0.0162 e. The number of rotatable bonds is 4. The minimum absolute atomic E-state index is 0.364. The lowest BCUT2D eigenvalue weighted by Crippen LogP contribution is -2.34. The molecule has 1 saturated carbocycles. The molecular formula is C16H25NS. The summed E-state index contributed by atoms with van der Waals surface area (Å²) in [7, 11) is 0. The molecule has 0 aromatic heterocycles. The summed E-state index contributed by atoms with van der Waals surface area (Å²) in [6, 6.07) is 9.08. The van der Waals surface area contributed by atoms with Crippen LogP contribution in [0.3, 0.4) is 0 Å². The summed E-state index contributed by atoms with van der Waals surface area (Å²) in [5.74, 6) is 2.72. The first-order valence-electron chi connectivity index (χ1n) is 7.10. The van der Waals surface area contributed by atoms with Gasteiger partial charge in [-0.15, -0.1) is 11.8 Å². The van der Waals surface area contributed by atoms with Crippen LogP contribution in [0.1, 0.15) is 38.2 Å². The van der Waals surface area contributed by atoms with Crippen LogP contribution >= 0.6 is 11.8 Å². The molecule has 0 spiro atoms. The van der Waals surface area contributed by atoms with Gasteiger partial charge in [0, 0.05) is 16.7 Å². The highest BCUT2D eigenvalue weighted by Crippen LogP contribution is 2.31. The molecule has 0 saturated heterocycles. The van der Waals surface area contributed by atoms with E-state index in [1.807, 2.05) is 11.8 Å². The molecule has 1 nitrogen and oxygen atoms in total. The van der Waals surface area contributed by atoms with Crippen LogP contribution in [0.25, 0.3) is 0 Å². The van der Waals surface area contributed by atoms with Gasteiger partial charge in [-0.05, 0) is 43.7 Å². The topological polar surface area (TPSA) is 26.0 Å². The maximum atomic E-state index is 6.36. The largest absolute Gasteiger partial charge is 0.327 e. The molecular weight excluding hydrogens is 238 g/mol. The van der Waals surface area contributed by atoms with Crippen LogP contribution < -0.4 is 5.73 Å². The third-order valence-electron chi connectivity index (χ3n) is 4.10. The number of hydrogen-bond donors (Lipinski definition) is 1. The fraction of sp³-hybridized carbons (Fsp3) is 0.625. The van der Waals surface area contributed by atoms with Crippen molar-refractivity contribution in [2.45, 2.75) is 50.5 Å². The van der Waals surface area contributed by atoms with Crippen molar-refractivity contribution in [2.75, 3.05) is 5.75 Å². The predicted octanol–water partition coefficient (Wildman–Crippen LogP) is 4.24. The van der Waals surface area contributed by atoms with E-state index in [1.54, 1.807) is 0 Å². The first-order chi connectivity index (χ1) is 8.65. The predicted molar refractivity (Wildman–Crippen MR) is 81.0 cm³/mol. The number of benzene rings is 1. The summed E-state index contributed by atoms with van der Waals surface area (Å²) in [5.41, 5.74) is 7.69. The lowest BCUT2D eigenvalue weighted by molar-refractivity contribution is 0.264. The Morgan fingerprint density at radius 3 is 2.67 bits per heavy atom. The Balaban J connectivity index is 1.79. The van der Waals surface area contributed by atoms with E-state index >= 15 is 0 Å². The number of thioether (sulfide) groups is 1. The van der Waals surface area contributed by atoms with E-state index in [2.05, 4.69) is 38.1 Å². The van der Waals surface area contributed by atoms with Gasteiger partial charge in [0.15, 0.2) is 0 Å². The molecule has 0 heterocycles. The summed E-state index contributed by atoms with van der Waals surface area (Å²) >= 11 is 1.91. The highest BCUT2D eigenvalue weighted by Gasteiger charge is 2.23. The van der Waals surface area contributed by atoms with Crippen molar-refractivity contribution in [1.82, 2.24) is 0 Å². The van der Waals surface area contributed by atoms with Crippen LogP contribution in [0.4, 0.5) is 0 Å². The zero-order valence-corrected chi connectivity index (χ0v) is 12.4. The average Bonchev–Trinajstić information content (AvgIpc) is 2.37. The van der Waals surface area contributed by atoms with E-state index < -0.39 is 0 Å². The van der Waals surface area contributed by atoms with Crippen molar-refractivity contribution in [1.29, 1.82) is 0 Å². The number of aryl methyl sites for hydroxylation is 1. The van der Waals surface area contributed by atoms with E-state index in [0.717, 1.165) is 17.6 Å². The van der Waals surface area contributed by atoms with Crippen LogP contribution in [0.15, 0.2) is 29.2 Å². The van der Waals surface area contributed by atoms with Gasteiger partial charge in [-0.1, -0.05) is 37.5 Å². The van der Waals surface area contributed by atoms with Gasteiger partial charge in [0.05, 0.1) is 0 Å². The second-order valence-electron chi connectivity index (χ2n) is 5.81. The molecule has 0 radical (unpaired) electrons. The maximum Gasteiger partial charge on any atom is 0.0162 e. The van der Waals surface area contributed by atoms with Crippen molar-refractivity contribution >= 4 is 11.8 Å². The molecule has 1 fully saturated rings. The Morgan fingerprint density at radius 2 is 2.00 bits per heavy atom. The van der Waals surface area contributed by atoms with E-state index in [9.17, 15) is 0 Å². The number of nitrogens with two attached hydrogens (primary N) is 1. The maximum absolute atomic E-state index is 6.36. The number of hydrogen-bond acceptors (Lipinski definition) is 2. The van der Waals surface area contributed by atoms with Crippen molar-refractivity contribution in [3.63, 3.8) is 0 Å². The molecule has 2 rings (SSSR count). The Bertz CT molecular complexity index is 369. The second kappa shape index (κ2) is 6.63. The molecule has 0 aliphatic heterocycles. The Kier molecular flexibility index (Phi) is 5.13. The molecule has 1 aliphatic rings. The van der Waals surface area contributed by atoms with Crippen LogP contribution in [0.5, 0.6) is 0 Å². The lowest BCUT2D eigenvalue weighted by atomic mass is 9.80. The van der Waals surface area contributed by atoms with Gasteiger partial charge in [-0.25, -0.2) is 0 Å². The molecule has 1 unspecified atom stereocenters. The Hall–Kier alpha value is -0.470. The van der Waals surface area contributed by atoms with Gasteiger partial charge in [-0.3, -0.25) is 0 Å². The molecule has 1 aliphatic carbocycles. The average molecular weight is 263 g/mol. The molecule has 0 bridgehead atoms. The SMILES string of the molecule is Cc1cccc(SCC(N)C2CCC(C)CC2)c1. The molecule has 1 atom stereocenters. The van der Waals surface area contributed by atoms with Gasteiger partial charge < -0.3 is 5.73 Å². The molecule has 0 amide bonds. The molecule has 2 N–H and O–H groups in total. The van der Waals surface area contributed by atoms with Gasteiger partial charge in [0.1, 0.15) is 0 Å². The first-order valence-corrected chi connectivity index (χ1v) is 8.09. The van der Waals surface area contributed by atoms with E-state index in [1.165, 1.54) is 36.1 Å². The van der Waals surface area contributed by atoms with Crippen molar-refractivity contribution in [3.8, 4) is 0 Å². The van der Waals surface area contributed by atoms with Gasteiger partial charge in [0.25, 0.3) is 0 Å². The summed E-state index contributed by atoms with van der Waals surface area (Å²) in [4.78, 5) is 1.36. The summed E-state index contributed by atoms with van der Waals surface area (Å²) < 4.78 is 0. The standard InChI is InChI=1S/C16H25NS/c1-12-6-8-14(9-7-12)16(17)11-18-15-5-3-4-13(2)10-15/h3-5,10,12,14,16H,6-9,11,17H2,1-2H3. The Labute approximate surface area is 116 Å². The second-order valence-corrected chi connectivity index (χ2v) is 6.90. The molecule has 1 aromatic carbocycles. The van der Waals surface area contributed by atoms with Crippen LogP contribution in [-0.2, 0) is 0 Å². The zero-order chi connectivity index (χ0) is 13.0. The summed E-state index contributed by atoms with van der Waals surface area (Å²) in [6.07, 6.45) is 5.40. The zero-order valence-electron chi connectivity index (χ0n) is 11.6. The van der Waals surface area contributed by atoms with E-state index in [-0.39, 0.29) is 0 Å². The first kappa shape index (κ1) is 14.0. The highest BCUT2D eigenvalue weighted by molar-refractivity contribution is 7.99. The third-order valence-corrected chi connectivity index (χ3v) is 5.24. The Morgan fingerprint density at radius 1 is 1.28 bits per heavy atom. The minimum atomic E-state index is 0.364. The lowest BCUT2D eigenvalue weighted by Gasteiger charge is -2.30. The van der Waals surface area contributed by atoms with Gasteiger partial charge in [0.2, 0.25) is 0 Å². The van der Waals surface area contributed by atoms with E-state index in [4.69, 9.17) is 5.73 Å². The van der Waals surface area contributed by atoms with Crippen LogP contribution in [0, 0.1) is 18.8 Å². The van der Waals surface area contributed by atoms with Crippen LogP contribution in [0.2, 0.25) is 0 Å². The highest BCUT2D eigenvalue weighted by atomic mass is 32.2. The fourth-order valence-electron chi connectivity index (χ4n) is 2.75.